The minimum absolute atomic E-state index is 0.183. The van der Waals surface area contributed by atoms with E-state index >= 15 is 0 Å². The number of fused-ring (bicyclic) bond motifs is 1. The van der Waals surface area contributed by atoms with E-state index in [2.05, 4.69) is 40.2 Å². The number of carbonyl (C=O) groups is 1. The Balaban J connectivity index is 1.67. The van der Waals surface area contributed by atoms with Gasteiger partial charge in [-0.25, -0.2) is 14.3 Å². The summed E-state index contributed by atoms with van der Waals surface area (Å²) in [6, 6.07) is 8.06. The molecule has 0 radical (unpaired) electrons. The maximum absolute atomic E-state index is 10.7. The van der Waals surface area contributed by atoms with Crippen molar-refractivity contribution in [2.45, 2.75) is 32.9 Å². The largest absolute Gasteiger partial charge is 0.465 e. The summed E-state index contributed by atoms with van der Waals surface area (Å²) >= 11 is 0. The number of aryl methyl sites for hydroxylation is 1. The molecule has 152 valence electrons. The molecule has 0 atom stereocenters. The van der Waals surface area contributed by atoms with E-state index in [1.807, 2.05) is 35.8 Å². The number of benzene rings is 1. The number of anilines is 1. The second-order valence-corrected chi connectivity index (χ2v) is 7.97. The number of morpholine rings is 1. The minimum atomic E-state index is -1.03. The molecular weight excluding hydrogens is 370 g/mol. The summed E-state index contributed by atoms with van der Waals surface area (Å²) < 4.78 is 7.68. The van der Waals surface area contributed by atoms with E-state index in [1.165, 1.54) is 0 Å². The number of aromatic nitrogens is 3. The van der Waals surface area contributed by atoms with E-state index < -0.39 is 6.09 Å². The molecular formula is C21H25N5O3. The van der Waals surface area contributed by atoms with Gasteiger partial charge in [-0.05, 0) is 44.0 Å². The van der Waals surface area contributed by atoms with Gasteiger partial charge in [-0.2, -0.15) is 5.10 Å². The quantitative estimate of drug-likeness (QED) is 0.705. The first-order valence-corrected chi connectivity index (χ1v) is 9.61. The highest BCUT2D eigenvalue weighted by Gasteiger charge is 2.28. The molecule has 1 aliphatic heterocycles. The molecule has 0 spiro atoms. The normalized spacial score (nSPS) is 16.2. The molecule has 4 rings (SSSR count). The van der Waals surface area contributed by atoms with Gasteiger partial charge in [-0.15, -0.1) is 0 Å². The summed E-state index contributed by atoms with van der Waals surface area (Å²) in [6.07, 6.45) is 2.56. The van der Waals surface area contributed by atoms with E-state index in [4.69, 9.17) is 9.84 Å². The van der Waals surface area contributed by atoms with E-state index in [9.17, 15) is 4.79 Å². The highest BCUT2D eigenvalue weighted by Crippen LogP contribution is 2.30. The third-order valence-corrected chi connectivity index (χ3v) is 5.23. The lowest BCUT2D eigenvalue weighted by atomic mass is 10.0. The number of amides is 1. The van der Waals surface area contributed by atoms with Crippen LogP contribution in [0.3, 0.4) is 0 Å². The lowest BCUT2D eigenvalue weighted by molar-refractivity contribution is -0.0276. The molecule has 0 bridgehead atoms. The van der Waals surface area contributed by atoms with E-state index in [1.54, 1.807) is 6.33 Å². The van der Waals surface area contributed by atoms with Crippen LogP contribution >= 0.6 is 0 Å². The molecule has 8 nitrogen and oxygen atoms in total. The van der Waals surface area contributed by atoms with Crippen LogP contribution in [-0.2, 0) is 11.3 Å². The van der Waals surface area contributed by atoms with Gasteiger partial charge in [0, 0.05) is 25.2 Å². The van der Waals surface area contributed by atoms with Crippen molar-refractivity contribution in [3.63, 3.8) is 0 Å². The van der Waals surface area contributed by atoms with Crippen LogP contribution in [0.5, 0.6) is 0 Å². The molecule has 1 fully saturated rings. The fourth-order valence-corrected chi connectivity index (χ4v) is 3.76. The lowest BCUT2D eigenvalue weighted by Crippen LogP contribution is -2.48. The number of hydrogen-bond acceptors (Lipinski definition) is 5. The zero-order valence-corrected chi connectivity index (χ0v) is 16.8. The van der Waals surface area contributed by atoms with Crippen LogP contribution in [0.15, 0.2) is 36.8 Å². The molecule has 29 heavy (non-hydrogen) atoms. The third kappa shape index (κ3) is 4.02. The Hall–Kier alpha value is -3.13. The van der Waals surface area contributed by atoms with E-state index in [-0.39, 0.29) is 12.1 Å². The first-order valence-electron chi connectivity index (χ1n) is 9.61. The molecule has 2 aromatic heterocycles. The fourth-order valence-electron chi connectivity index (χ4n) is 3.76. The summed E-state index contributed by atoms with van der Waals surface area (Å²) in [5, 5.41) is 15.6. The van der Waals surface area contributed by atoms with Crippen LogP contribution in [0.25, 0.3) is 16.8 Å². The summed E-state index contributed by atoms with van der Waals surface area (Å²) in [5.74, 6) is 0. The fraction of sp³-hybridized carbons (Fsp3) is 0.381. The second-order valence-electron chi connectivity index (χ2n) is 7.97. The van der Waals surface area contributed by atoms with Crippen LogP contribution in [-0.4, -0.2) is 51.1 Å². The molecule has 8 heteroatoms. The SMILES string of the molecule is Cc1cc(-c2ncnn3cc(N4CCOC(C)(C)C4)cc23)ccc1CNC(=O)O. The first kappa shape index (κ1) is 19.2. The Morgan fingerprint density at radius 3 is 2.90 bits per heavy atom. The number of carboxylic acid groups (broad SMARTS) is 1. The summed E-state index contributed by atoms with van der Waals surface area (Å²) in [4.78, 5) is 17.6. The minimum Gasteiger partial charge on any atom is -0.465 e. The lowest BCUT2D eigenvalue weighted by Gasteiger charge is -2.38. The van der Waals surface area contributed by atoms with Gasteiger partial charge in [0.15, 0.2) is 0 Å². The van der Waals surface area contributed by atoms with Gasteiger partial charge in [0.1, 0.15) is 6.33 Å². The molecule has 3 heterocycles. The molecule has 1 saturated heterocycles. The number of nitrogens with one attached hydrogen (secondary N) is 1. The van der Waals surface area contributed by atoms with Crippen LogP contribution in [0.1, 0.15) is 25.0 Å². The van der Waals surface area contributed by atoms with Gasteiger partial charge in [0.2, 0.25) is 0 Å². The van der Waals surface area contributed by atoms with Crippen molar-refractivity contribution >= 4 is 17.3 Å². The molecule has 1 aromatic carbocycles. The Bertz CT molecular complexity index is 1060. The number of rotatable bonds is 4. The first-order chi connectivity index (χ1) is 13.8. The Kier molecular flexibility index (Phi) is 4.87. The van der Waals surface area contributed by atoms with Crippen molar-refractivity contribution in [2.24, 2.45) is 0 Å². The third-order valence-electron chi connectivity index (χ3n) is 5.23. The predicted molar refractivity (Wildman–Crippen MR) is 110 cm³/mol. The van der Waals surface area contributed by atoms with Gasteiger partial charge in [-0.1, -0.05) is 12.1 Å². The molecule has 3 aromatic rings. The van der Waals surface area contributed by atoms with Gasteiger partial charge in [0.05, 0.1) is 35.3 Å². The zero-order chi connectivity index (χ0) is 20.6. The van der Waals surface area contributed by atoms with Gasteiger partial charge >= 0.3 is 6.09 Å². The molecule has 1 aliphatic rings. The molecule has 0 saturated carbocycles. The van der Waals surface area contributed by atoms with Gasteiger partial charge in [-0.3, -0.25) is 0 Å². The van der Waals surface area contributed by atoms with Crippen LogP contribution in [0.2, 0.25) is 0 Å². The van der Waals surface area contributed by atoms with E-state index in [0.717, 1.165) is 46.7 Å². The predicted octanol–water partition coefficient (Wildman–Crippen LogP) is 3.09. The van der Waals surface area contributed by atoms with Crippen molar-refractivity contribution < 1.29 is 14.6 Å². The van der Waals surface area contributed by atoms with Crippen LogP contribution in [0.4, 0.5) is 10.5 Å². The highest BCUT2D eigenvalue weighted by molar-refractivity contribution is 5.80. The van der Waals surface area contributed by atoms with E-state index in [0.29, 0.717) is 6.61 Å². The Labute approximate surface area is 169 Å². The van der Waals surface area contributed by atoms with Crippen molar-refractivity contribution in [2.75, 3.05) is 24.6 Å². The zero-order valence-electron chi connectivity index (χ0n) is 16.8. The van der Waals surface area contributed by atoms with Crippen LogP contribution < -0.4 is 10.2 Å². The van der Waals surface area contributed by atoms with Crippen molar-refractivity contribution in [1.82, 2.24) is 19.9 Å². The maximum atomic E-state index is 10.7. The van der Waals surface area contributed by atoms with Gasteiger partial charge in [0.25, 0.3) is 0 Å². The number of ether oxygens (including phenoxy) is 1. The Morgan fingerprint density at radius 1 is 1.34 bits per heavy atom. The molecule has 0 unspecified atom stereocenters. The number of nitrogens with zero attached hydrogens (tertiary/aromatic N) is 4. The standard InChI is InChI=1S/C21H25N5O3/c1-14-8-15(4-5-16(14)10-22-20(27)28)19-18-9-17(11-26(18)24-13-23-19)25-6-7-29-21(2,3)12-25/h4-5,8-9,11,13,22H,6-7,10,12H2,1-3H3,(H,27,28). The average molecular weight is 395 g/mol. The monoisotopic (exact) mass is 395 g/mol. The van der Waals surface area contributed by atoms with Crippen molar-refractivity contribution in [3.8, 4) is 11.3 Å². The highest BCUT2D eigenvalue weighted by atomic mass is 16.5. The summed E-state index contributed by atoms with van der Waals surface area (Å²) in [5.41, 5.74) is 5.62. The van der Waals surface area contributed by atoms with Gasteiger partial charge < -0.3 is 20.1 Å². The second kappa shape index (κ2) is 7.36. The van der Waals surface area contributed by atoms with Crippen molar-refractivity contribution in [1.29, 1.82) is 0 Å². The molecule has 2 N–H and O–H groups in total. The Morgan fingerprint density at radius 2 is 2.17 bits per heavy atom. The molecule has 1 amide bonds. The maximum Gasteiger partial charge on any atom is 0.404 e. The molecule has 0 aliphatic carbocycles. The average Bonchev–Trinajstić information content (AvgIpc) is 3.10. The van der Waals surface area contributed by atoms with Crippen molar-refractivity contribution in [3.05, 3.63) is 47.9 Å². The topological polar surface area (TPSA) is 92.0 Å². The summed E-state index contributed by atoms with van der Waals surface area (Å²) in [7, 11) is 0. The smallest absolute Gasteiger partial charge is 0.404 e. The van der Waals surface area contributed by atoms with Crippen LogP contribution in [0, 0.1) is 6.92 Å². The number of hydrogen-bond donors (Lipinski definition) is 2. The summed E-state index contributed by atoms with van der Waals surface area (Å²) in [6.45, 7) is 8.81.